The topological polar surface area (TPSA) is 149 Å². The van der Waals surface area contributed by atoms with Gasteiger partial charge in [0.15, 0.2) is 11.2 Å². The van der Waals surface area contributed by atoms with Gasteiger partial charge in [0.25, 0.3) is 5.56 Å². The van der Waals surface area contributed by atoms with Crippen molar-refractivity contribution in [3.8, 4) is 0 Å². The van der Waals surface area contributed by atoms with Crippen LogP contribution < -0.4 is 11.3 Å². The van der Waals surface area contributed by atoms with Gasteiger partial charge >= 0.3 is 7.75 Å². The first-order chi connectivity index (χ1) is 12.4. The van der Waals surface area contributed by atoms with Crippen LogP contribution in [0.15, 0.2) is 11.1 Å². The fraction of sp³-hybridized carbons (Fsp3) is 0.643. The Bertz CT molecular complexity index is 816. The quantitative estimate of drug-likeness (QED) is 0.377. The molecule has 2 rings (SSSR count). The molecule has 1 atom stereocenters. The minimum absolute atomic E-state index is 0.00974. The molecular weight excluding hydrogens is 363 g/mol. The SMILES string of the molecule is CCCN(CCC)P(=O)(O)OCCOCn1cnc2nc(N)[nH]c(=O)c21. The molecule has 0 amide bonds. The summed E-state index contributed by atoms with van der Waals surface area (Å²) in [5.41, 5.74) is 5.51. The lowest BCUT2D eigenvalue weighted by Gasteiger charge is -2.25. The van der Waals surface area contributed by atoms with Crippen LogP contribution in [-0.4, -0.2) is 55.4 Å². The number of nitrogens with two attached hydrogens (primary N) is 1. The molecule has 0 spiro atoms. The molecule has 0 aliphatic rings. The third kappa shape index (κ3) is 5.12. The number of H-pyrrole nitrogens is 1. The lowest BCUT2D eigenvalue weighted by Crippen LogP contribution is -2.24. The second-order valence-corrected chi connectivity index (χ2v) is 7.46. The van der Waals surface area contributed by atoms with E-state index in [0.717, 1.165) is 12.8 Å². The van der Waals surface area contributed by atoms with Gasteiger partial charge in [-0.05, 0) is 12.8 Å². The van der Waals surface area contributed by atoms with Crippen LogP contribution in [0, 0.1) is 0 Å². The highest BCUT2D eigenvalue weighted by Gasteiger charge is 2.28. The molecule has 0 saturated carbocycles. The summed E-state index contributed by atoms with van der Waals surface area (Å²) in [6.07, 6.45) is 2.92. The third-order valence-electron chi connectivity index (χ3n) is 3.54. The molecule has 0 aliphatic heterocycles. The van der Waals surface area contributed by atoms with Crippen LogP contribution in [0.3, 0.4) is 0 Å². The number of hydrogen-bond donors (Lipinski definition) is 3. The van der Waals surface area contributed by atoms with Gasteiger partial charge in [0.05, 0.1) is 19.5 Å². The van der Waals surface area contributed by atoms with Gasteiger partial charge in [-0.1, -0.05) is 13.8 Å². The average molecular weight is 388 g/mol. The number of fused-ring (bicyclic) bond motifs is 1. The minimum atomic E-state index is -3.83. The maximum Gasteiger partial charge on any atom is 0.405 e. The van der Waals surface area contributed by atoms with Crippen molar-refractivity contribution in [1.82, 2.24) is 24.2 Å². The normalized spacial score (nSPS) is 14.2. The number of nitrogen functional groups attached to an aromatic ring is 1. The Morgan fingerprint density at radius 3 is 2.69 bits per heavy atom. The van der Waals surface area contributed by atoms with Crippen molar-refractivity contribution in [2.24, 2.45) is 0 Å². The highest BCUT2D eigenvalue weighted by molar-refractivity contribution is 7.50. The predicted molar refractivity (Wildman–Crippen MR) is 96.4 cm³/mol. The maximum absolute atomic E-state index is 12.3. The first-order valence-corrected chi connectivity index (χ1v) is 9.93. The third-order valence-corrected chi connectivity index (χ3v) is 5.17. The van der Waals surface area contributed by atoms with Gasteiger partial charge in [-0.15, -0.1) is 0 Å². The Labute approximate surface area is 150 Å². The van der Waals surface area contributed by atoms with Crippen LogP contribution in [0.1, 0.15) is 26.7 Å². The van der Waals surface area contributed by atoms with E-state index in [4.69, 9.17) is 15.0 Å². The number of imidazole rings is 1. The fourth-order valence-corrected chi connectivity index (χ4v) is 3.82. The van der Waals surface area contributed by atoms with Crippen molar-refractivity contribution in [3.63, 3.8) is 0 Å². The Morgan fingerprint density at radius 2 is 2.04 bits per heavy atom. The van der Waals surface area contributed by atoms with Gasteiger partial charge in [-0.25, -0.2) is 14.2 Å². The van der Waals surface area contributed by atoms with Crippen molar-refractivity contribution in [3.05, 3.63) is 16.7 Å². The number of rotatable bonds is 11. The van der Waals surface area contributed by atoms with E-state index in [0.29, 0.717) is 13.1 Å². The van der Waals surface area contributed by atoms with Crippen molar-refractivity contribution in [1.29, 1.82) is 0 Å². The highest BCUT2D eigenvalue weighted by atomic mass is 31.2. The molecule has 0 aliphatic carbocycles. The lowest BCUT2D eigenvalue weighted by molar-refractivity contribution is 0.0489. The van der Waals surface area contributed by atoms with E-state index in [9.17, 15) is 14.3 Å². The fourth-order valence-electron chi connectivity index (χ4n) is 2.44. The van der Waals surface area contributed by atoms with E-state index >= 15 is 0 Å². The second-order valence-electron chi connectivity index (χ2n) is 5.65. The van der Waals surface area contributed by atoms with Gasteiger partial charge in [0, 0.05) is 13.1 Å². The van der Waals surface area contributed by atoms with Crippen LogP contribution >= 0.6 is 7.75 Å². The number of aromatic amines is 1. The summed E-state index contributed by atoms with van der Waals surface area (Å²) in [6, 6.07) is 0. The zero-order valence-electron chi connectivity index (χ0n) is 14.9. The summed E-state index contributed by atoms with van der Waals surface area (Å²) in [4.78, 5) is 32.3. The molecule has 2 aromatic rings. The minimum Gasteiger partial charge on any atom is -0.369 e. The average Bonchev–Trinajstić information content (AvgIpc) is 2.97. The number of ether oxygens (including phenoxy) is 1. The largest absolute Gasteiger partial charge is 0.405 e. The first kappa shape index (κ1) is 20.5. The van der Waals surface area contributed by atoms with Crippen molar-refractivity contribution in [2.75, 3.05) is 32.0 Å². The molecule has 0 bridgehead atoms. The molecule has 0 aromatic carbocycles. The Kier molecular flexibility index (Phi) is 7.30. The Hall–Kier alpha value is -1.78. The van der Waals surface area contributed by atoms with Gasteiger partial charge in [-0.3, -0.25) is 14.3 Å². The summed E-state index contributed by atoms with van der Waals surface area (Å²) >= 11 is 0. The smallest absolute Gasteiger partial charge is 0.369 e. The van der Waals surface area contributed by atoms with E-state index in [2.05, 4.69) is 15.0 Å². The van der Waals surface area contributed by atoms with Crippen molar-refractivity contribution >= 4 is 24.9 Å². The van der Waals surface area contributed by atoms with Crippen LogP contribution in [0.4, 0.5) is 5.95 Å². The molecule has 146 valence electrons. The van der Waals surface area contributed by atoms with E-state index in [-0.39, 0.29) is 37.1 Å². The molecule has 26 heavy (non-hydrogen) atoms. The van der Waals surface area contributed by atoms with E-state index in [1.165, 1.54) is 15.6 Å². The summed E-state index contributed by atoms with van der Waals surface area (Å²) in [5, 5.41) is 0. The predicted octanol–water partition coefficient (Wildman–Crippen LogP) is 0.915. The molecule has 2 aromatic heterocycles. The zero-order chi connectivity index (χ0) is 19.2. The molecule has 12 heteroatoms. The van der Waals surface area contributed by atoms with E-state index in [1.54, 1.807) is 0 Å². The molecule has 0 fully saturated rings. The lowest BCUT2D eigenvalue weighted by atomic mass is 10.4. The van der Waals surface area contributed by atoms with Crippen LogP contribution in [-0.2, 0) is 20.6 Å². The molecule has 11 nitrogen and oxygen atoms in total. The summed E-state index contributed by atoms with van der Waals surface area (Å²) < 4.78 is 25.7. The number of nitrogens with one attached hydrogen (secondary N) is 1. The van der Waals surface area contributed by atoms with Gasteiger partial charge in [-0.2, -0.15) is 4.98 Å². The van der Waals surface area contributed by atoms with Gasteiger partial charge in [0.1, 0.15) is 6.73 Å². The number of aromatic nitrogens is 4. The number of nitrogens with zero attached hydrogens (tertiary/aromatic N) is 4. The van der Waals surface area contributed by atoms with Crippen molar-refractivity contribution in [2.45, 2.75) is 33.4 Å². The van der Waals surface area contributed by atoms with Crippen LogP contribution in [0.5, 0.6) is 0 Å². The number of anilines is 1. The van der Waals surface area contributed by atoms with Gasteiger partial charge < -0.3 is 19.9 Å². The summed E-state index contributed by atoms with van der Waals surface area (Å²) in [6.45, 7) is 4.90. The molecular formula is C14H25N6O5P. The molecule has 0 saturated heterocycles. The van der Waals surface area contributed by atoms with Crippen LogP contribution in [0.25, 0.3) is 11.2 Å². The first-order valence-electron chi connectivity index (χ1n) is 8.40. The van der Waals surface area contributed by atoms with E-state index in [1.807, 2.05) is 13.8 Å². The number of hydrogen-bond acceptors (Lipinski definition) is 7. The summed E-state index contributed by atoms with van der Waals surface area (Å²) in [7, 11) is -3.83. The molecule has 2 heterocycles. The highest BCUT2D eigenvalue weighted by Crippen LogP contribution is 2.46. The summed E-state index contributed by atoms with van der Waals surface area (Å²) in [5.74, 6) is -0.00974. The maximum atomic E-state index is 12.3. The molecule has 1 unspecified atom stereocenters. The monoisotopic (exact) mass is 388 g/mol. The van der Waals surface area contributed by atoms with Crippen LogP contribution in [0.2, 0.25) is 0 Å². The second kappa shape index (κ2) is 9.24. The molecule has 0 radical (unpaired) electrons. The van der Waals surface area contributed by atoms with Gasteiger partial charge in [0.2, 0.25) is 5.95 Å². The standard InChI is InChI=1S/C14H25N6O5P/c1-3-5-20(6-4-2)26(22,23)25-8-7-24-10-19-9-16-12-11(19)13(21)18-14(15)17-12/h9H,3-8,10H2,1-2H3,(H,22,23)(H3,15,17,18,21). The Balaban J connectivity index is 1.86. The van der Waals surface area contributed by atoms with Crippen molar-refractivity contribution < 1.29 is 18.7 Å². The van der Waals surface area contributed by atoms with E-state index < -0.39 is 13.3 Å². The zero-order valence-corrected chi connectivity index (χ0v) is 15.8. The molecule has 4 N–H and O–H groups in total. The Morgan fingerprint density at radius 1 is 1.35 bits per heavy atom.